The van der Waals surface area contributed by atoms with Crippen molar-refractivity contribution in [2.45, 2.75) is 31.5 Å². The minimum Gasteiger partial charge on any atom is -0.397 e. The van der Waals surface area contributed by atoms with Gasteiger partial charge in [-0.1, -0.05) is 91.0 Å². The van der Waals surface area contributed by atoms with Gasteiger partial charge in [-0.25, -0.2) is 0 Å². The summed E-state index contributed by atoms with van der Waals surface area (Å²) in [5.41, 5.74) is 12.4. The van der Waals surface area contributed by atoms with Crippen molar-refractivity contribution in [3.63, 3.8) is 0 Å². The summed E-state index contributed by atoms with van der Waals surface area (Å²) in [5, 5.41) is 9.49. The van der Waals surface area contributed by atoms with Crippen molar-refractivity contribution >= 4 is 29.3 Å². The molecule has 5 rings (SSSR count). The highest BCUT2D eigenvalue weighted by Gasteiger charge is 2.28. The van der Waals surface area contributed by atoms with Gasteiger partial charge in [-0.15, -0.1) is 0 Å². The van der Waals surface area contributed by atoms with Crippen LogP contribution in [0.15, 0.2) is 109 Å². The van der Waals surface area contributed by atoms with E-state index in [0.29, 0.717) is 17.9 Å². The maximum Gasteiger partial charge on any atom is 0.248 e. The van der Waals surface area contributed by atoms with Crippen molar-refractivity contribution in [1.29, 1.82) is 0 Å². The molecular weight excluding hydrogens is 484 g/mol. The zero-order valence-electron chi connectivity index (χ0n) is 21.6. The number of rotatable bonds is 9. The number of nitrogens with two attached hydrogens (primary N) is 1. The van der Waals surface area contributed by atoms with E-state index in [2.05, 4.69) is 40.2 Å². The van der Waals surface area contributed by atoms with Crippen LogP contribution in [0.5, 0.6) is 0 Å². The Bertz CT molecular complexity index is 1440. The summed E-state index contributed by atoms with van der Waals surface area (Å²) in [6.45, 7) is 0.463. The molecule has 0 aliphatic heterocycles. The fourth-order valence-corrected chi connectivity index (χ4v) is 4.88. The van der Waals surface area contributed by atoms with Gasteiger partial charge in [0.15, 0.2) is 0 Å². The lowest BCUT2D eigenvalue weighted by Crippen LogP contribution is -2.42. The van der Waals surface area contributed by atoms with Crippen molar-refractivity contribution in [1.82, 2.24) is 10.6 Å². The van der Waals surface area contributed by atoms with Gasteiger partial charge in [0.2, 0.25) is 11.8 Å². The molecule has 2 amide bonds. The molecule has 6 heteroatoms. The van der Waals surface area contributed by atoms with Crippen LogP contribution < -0.4 is 21.7 Å². The first-order valence-corrected chi connectivity index (χ1v) is 13.1. The van der Waals surface area contributed by atoms with Crippen LogP contribution in [0.2, 0.25) is 0 Å². The van der Waals surface area contributed by atoms with Crippen LogP contribution in [0.1, 0.15) is 33.9 Å². The Morgan fingerprint density at radius 3 is 2.15 bits per heavy atom. The Labute approximate surface area is 229 Å². The normalized spacial score (nSPS) is 13.6. The smallest absolute Gasteiger partial charge is 0.248 e. The van der Waals surface area contributed by atoms with Gasteiger partial charge < -0.3 is 16.4 Å². The van der Waals surface area contributed by atoms with Crippen molar-refractivity contribution in [3.8, 4) is 0 Å². The second-order valence-corrected chi connectivity index (χ2v) is 9.75. The highest BCUT2D eigenvalue weighted by Crippen LogP contribution is 2.25. The van der Waals surface area contributed by atoms with Crippen molar-refractivity contribution in [2.24, 2.45) is 0 Å². The number of hydrogen-bond donors (Lipinski definition) is 4. The zero-order valence-corrected chi connectivity index (χ0v) is 21.6. The Balaban J connectivity index is 1.28. The average Bonchev–Trinajstić information content (AvgIpc) is 3.38. The highest BCUT2D eigenvalue weighted by atomic mass is 16.2. The topological polar surface area (TPSA) is 96.2 Å². The Kier molecular flexibility index (Phi) is 8.15. The number of para-hydroxylation sites is 2. The molecule has 0 fully saturated rings. The minimum atomic E-state index is -0.504. The van der Waals surface area contributed by atoms with Gasteiger partial charge in [0.1, 0.15) is 6.04 Å². The number of anilines is 2. The van der Waals surface area contributed by atoms with Crippen molar-refractivity contribution in [3.05, 3.63) is 137 Å². The van der Waals surface area contributed by atoms with Gasteiger partial charge in [-0.2, -0.15) is 0 Å². The number of nitrogen functional groups attached to an aromatic ring is 1. The fourth-order valence-electron chi connectivity index (χ4n) is 4.88. The summed E-state index contributed by atoms with van der Waals surface area (Å²) in [6, 6.07) is 32.8. The highest BCUT2D eigenvalue weighted by molar-refractivity contribution is 6.03. The largest absolute Gasteiger partial charge is 0.397 e. The van der Waals surface area contributed by atoms with Crippen LogP contribution in [0.25, 0.3) is 6.08 Å². The summed E-state index contributed by atoms with van der Waals surface area (Å²) >= 11 is 0. The third kappa shape index (κ3) is 6.80. The lowest BCUT2D eigenvalue weighted by atomic mass is 10.0. The fraction of sp³-hybridized carbons (Fsp3) is 0.152. The summed E-state index contributed by atoms with van der Waals surface area (Å²) in [6.07, 6.45) is 4.99. The molecule has 0 bridgehead atoms. The average molecular weight is 517 g/mol. The molecule has 1 atom stereocenters. The van der Waals surface area contributed by atoms with E-state index in [4.69, 9.17) is 5.73 Å². The molecule has 1 unspecified atom stereocenters. The molecule has 0 radical (unpaired) electrons. The molecule has 196 valence electrons. The summed E-state index contributed by atoms with van der Waals surface area (Å²) in [4.78, 5) is 25.8. The van der Waals surface area contributed by atoms with Crippen LogP contribution in [0.3, 0.4) is 0 Å². The third-order valence-corrected chi connectivity index (χ3v) is 6.94. The maximum atomic E-state index is 13.4. The molecule has 4 aromatic rings. The van der Waals surface area contributed by atoms with Gasteiger partial charge in [0.25, 0.3) is 0 Å². The molecule has 4 aromatic carbocycles. The number of benzene rings is 4. The predicted molar refractivity (Wildman–Crippen MR) is 157 cm³/mol. The maximum absolute atomic E-state index is 13.4. The summed E-state index contributed by atoms with van der Waals surface area (Å²) in [7, 11) is 0. The van der Waals surface area contributed by atoms with Gasteiger partial charge in [0, 0.05) is 18.7 Å². The van der Waals surface area contributed by atoms with Crippen LogP contribution in [0.4, 0.5) is 11.4 Å². The van der Waals surface area contributed by atoms with Crippen LogP contribution in [-0.2, 0) is 29.0 Å². The van der Waals surface area contributed by atoms with E-state index >= 15 is 0 Å². The zero-order chi connectivity index (χ0) is 27.0. The second-order valence-electron chi connectivity index (χ2n) is 9.75. The first-order valence-electron chi connectivity index (χ1n) is 13.1. The van der Waals surface area contributed by atoms with E-state index in [1.165, 1.54) is 17.2 Å². The van der Waals surface area contributed by atoms with Gasteiger partial charge in [0.05, 0.1) is 11.4 Å². The molecule has 6 nitrogen and oxygen atoms in total. The first-order chi connectivity index (χ1) is 19.0. The van der Waals surface area contributed by atoms with E-state index in [9.17, 15) is 9.59 Å². The summed E-state index contributed by atoms with van der Waals surface area (Å²) < 4.78 is 0. The molecule has 0 saturated carbocycles. The molecule has 1 aliphatic carbocycles. The molecule has 39 heavy (non-hydrogen) atoms. The lowest BCUT2D eigenvalue weighted by Gasteiger charge is -2.23. The number of carbonyl (C=O) groups is 2. The van der Waals surface area contributed by atoms with Crippen LogP contribution in [0, 0.1) is 0 Å². The van der Waals surface area contributed by atoms with Crippen LogP contribution >= 0.6 is 0 Å². The number of hydrogen-bond acceptors (Lipinski definition) is 4. The standard InChI is InChI=1S/C33H32N4O2/c34-29-12-6-7-13-30(29)37-31(38)19-16-23-14-17-25(18-15-23)32(33(39)35-22-24-8-2-1-3-9-24)36-28-20-26-10-4-5-11-27(26)21-28/h1-19,28,32,36H,20-22,34H2,(H,35,39)(H,37,38). The second kappa shape index (κ2) is 12.2. The third-order valence-electron chi connectivity index (χ3n) is 6.94. The monoisotopic (exact) mass is 516 g/mol. The van der Waals surface area contributed by atoms with E-state index in [1.807, 2.05) is 66.7 Å². The first kappa shape index (κ1) is 25.9. The Morgan fingerprint density at radius 1 is 0.821 bits per heavy atom. The molecule has 0 heterocycles. The van der Waals surface area contributed by atoms with Gasteiger partial charge >= 0.3 is 0 Å². The number of carbonyl (C=O) groups excluding carboxylic acids is 2. The van der Waals surface area contributed by atoms with E-state index in [0.717, 1.165) is 29.5 Å². The Morgan fingerprint density at radius 2 is 1.46 bits per heavy atom. The number of fused-ring (bicyclic) bond motifs is 1. The van der Waals surface area contributed by atoms with E-state index in [1.54, 1.807) is 18.2 Å². The van der Waals surface area contributed by atoms with E-state index in [-0.39, 0.29) is 17.9 Å². The summed E-state index contributed by atoms with van der Waals surface area (Å²) in [5.74, 6) is -0.337. The predicted octanol–water partition coefficient (Wildman–Crippen LogP) is 5.04. The molecule has 0 spiro atoms. The SMILES string of the molecule is Nc1ccccc1NC(=O)C=Cc1ccc(C(NC2Cc3ccccc3C2)C(=O)NCc2ccccc2)cc1. The van der Waals surface area contributed by atoms with E-state index < -0.39 is 6.04 Å². The van der Waals surface area contributed by atoms with Gasteiger partial charge in [-0.3, -0.25) is 14.9 Å². The molecule has 1 aliphatic rings. The number of nitrogens with one attached hydrogen (secondary N) is 3. The van der Waals surface area contributed by atoms with Crippen LogP contribution in [-0.4, -0.2) is 17.9 Å². The quantitative estimate of drug-likeness (QED) is 0.185. The molecule has 0 saturated heterocycles. The van der Waals surface area contributed by atoms with Gasteiger partial charge in [-0.05, 0) is 58.9 Å². The number of amides is 2. The molecular formula is C33H32N4O2. The lowest BCUT2D eigenvalue weighted by molar-refractivity contribution is -0.123. The minimum absolute atomic E-state index is 0.0714. The van der Waals surface area contributed by atoms with Crippen molar-refractivity contribution < 1.29 is 9.59 Å². The molecule has 5 N–H and O–H groups in total. The molecule has 0 aromatic heterocycles. The Hall–Kier alpha value is -4.68. The van der Waals surface area contributed by atoms with Crippen molar-refractivity contribution in [2.75, 3.05) is 11.1 Å².